The molecule has 0 saturated heterocycles. The molecule has 0 aliphatic rings. The largest absolute Gasteiger partial charge is 0.463 e. The van der Waals surface area contributed by atoms with Gasteiger partial charge in [0.25, 0.3) is 0 Å². The molecule has 0 atom stereocenters. The molecule has 0 spiro atoms. The van der Waals surface area contributed by atoms with E-state index < -0.39 is 5.97 Å². The van der Waals surface area contributed by atoms with Gasteiger partial charge in [-0.2, -0.15) is 0 Å². The first-order valence-electron chi connectivity index (χ1n) is 5.42. The molecule has 18 heavy (non-hydrogen) atoms. The van der Waals surface area contributed by atoms with Crippen LogP contribution in [0.3, 0.4) is 0 Å². The molecule has 0 aliphatic carbocycles. The second-order valence-corrected chi connectivity index (χ2v) is 3.62. The van der Waals surface area contributed by atoms with Crippen LogP contribution in [0.5, 0.6) is 0 Å². The third-order valence-corrected chi connectivity index (χ3v) is 2.50. The van der Waals surface area contributed by atoms with E-state index in [1.165, 1.54) is 13.3 Å². The Morgan fingerprint density at radius 3 is 2.61 bits per heavy atom. The average Bonchev–Trinajstić information content (AvgIpc) is 2.46. The number of carbonyl (C=O) groups is 1. The van der Waals surface area contributed by atoms with Gasteiger partial charge >= 0.3 is 5.97 Å². The van der Waals surface area contributed by atoms with Crippen LogP contribution in [-0.4, -0.2) is 30.1 Å². The number of hydrogen-bond acceptors (Lipinski definition) is 5. The summed E-state index contributed by atoms with van der Waals surface area (Å²) in [7, 11) is 3.18. The van der Waals surface area contributed by atoms with Gasteiger partial charge in [0.2, 0.25) is 5.82 Å². The summed E-state index contributed by atoms with van der Waals surface area (Å²) in [6.07, 6.45) is 1.54. The summed E-state index contributed by atoms with van der Waals surface area (Å²) in [4.78, 5) is 21.3. The minimum absolute atomic E-state index is 0.0535. The Bertz CT molecular complexity index is 543. The first kappa shape index (κ1) is 12.0. The Hall–Kier alpha value is -2.43. The third-order valence-electron chi connectivity index (χ3n) is 2.50. The standard InChI is InChI=1S/C13H13N3O2/c1-16(10-6-4-3-5-7-10)11-8-9-14-12(15-11)13(17)18-2/h3-9H,1-2H3. The van der Waals surface area contributed by atoms with Crippen molar-refractivity contribution in [2.75, 3.05) is 19.1 Å². The number of hydrogen-bond donors (Lipinski definition) is 0. The molecule has 92 valence electrons. The second-order valence-electron chi connectivity index (χ2n) is 3.62. The van der Waals surface area contributed by atoms with Crippen LogP contribution in [-0.2, 0) is 4.74 Å². The molecular weight excluding hydrogens is 230 g/mol. The predicted molar refractivity (Wildman–Crippen MR) is 67.9 cm³/mol. The number of ether oxygens (including phenoxy) is 1. The lowest BCUT2D eigenvalue weighted by atomic mass is 10.3. The van der Waals surface area contributed by atoms with E-state index in [4.69, 9.17) is 0 Å². The summed E-state index contributed by atoms with van der Waals surface area (Å²) in [6.45, 7) is 0. The van der Waals surface area contributed by atoms with E-state index in [1.807, 2.05) is 42.3 Å². The lowest BCUT2D eigenvalue weighted by molar-refractivity contribution is 0.0587. The van der Waals surface area contributed by atoms with Crippen LogP contribution in [0.25, 0.3) is 0 Å². The van der Waals surface area contributed by atoms with Crippen molar-refractivity contribution in [3.8, 4) is 0 Å². The van der Waals surface area contributed by atoms with E-state index in [9.17, 15) is 4.79 Å². The van der Waals surface area contributed by atoms with Crippen LogP contribution >= 0.6 is 0 Å². The van der Waals surface area contributed by atoms with Crippen molar-refractivity contribution in [3.05, 3.63) is 48.4 Å². The van der Waals surface area contributed by atoms with E-state index in [0.29, 0.717) is 5.82 Å². The molecule has 0 N–H and O–H groups in total. The molecule has 0 radical (unpaired) electrons. The summed E-state index contributed by atoms with van der Waals surface area (Å²) in [5.41, 5.74) is 0.979. The number of para-hydroxylation sites is 1. The zero-order valence-corrected chi connectivity index (χ0v) is 10.2. The van der Waals surface area contributed by atoms with Crippen molar-refractivity contribution in [1.29, 1.82) is 0 Å². The number of carbonyl (C=O) groups excluding carboxylic acids is 1. The normalized spacial score (nSPS) is 9.89. The van der Waals surface area contributed by atoms with Gasteiger partial charge in [0.15, 0.2) is 0 Å². The van der Waals surface area contributed by atoms with Crippen molar-refractivity contribution in [2.45, 2.75) is 0 Å². The monoisotopic (exact) mass is 243 g/mol. The molecular formula is C13H13N3O2. The van der Waals surface area contributed by atoms with Crippen LogP contribution in [0.2, 0.25) is 0 Å². The number of anilines is 2. The van der Waals surface area contributed by atoms with Crippen LogP contribution in [0.15, 0.2) is 42.6 Å². The molecule has 0 aliphatic heterocycles. The number of esters is 1. The van der Waals surface area contributed by atoms with Crippen LogP contribution in [0.4, 0.5) is 11.5 Å². The van der Waals surface area contributed by atoms with Gasteiger partial charge in [0.05, 0.1) is 7.11 Å². The van der Waals surface area contributed by atoms with E-state index in [2.05, 4.69) is 14.7 Å². The lowest BCUT2D eigenvalue weighted by Crippen LogP contribution is -2.14. The molecule has 0 unspecified atom stereocenters. The topological polar surface area (TPSA) is 55.3 Å². The highest BCUT2D eigenvalue weighted by molar-refractivity contribution is 5.85. The molecule has 2 rings (SSSR count). The molecule has 0 bridgehead atoms. The molecule has 5 nitrogen and oxygen atoms in total. The first-order valence-corrected chi connectivity index (χ1v) is 5.42. The minimum Gasteiger partial charge on any atom is -0.463 e. The molecule has 0 fully saturated rings. The molecule has 1 aromatic heterocycles. The smallest absolute Gasteiger partial charge is 0.376 e. The number of methoxy groups -OCH3 is 1. The van der Waals surface area contributed by atoms with Crippen LogP contribution < -0.4 is 4.90 Å². The fourth-order valence-corrected chi connectivity index (χ4v) is 1.51. The number of nitrogens with zero attached hydrogens (tertiary/aromatic N) is 3. The van der Waals surface area contributed by atoms with Crippen molar-refractivity contribution < 1.29 is 9.53 Å². The maximum absolute atomic E-state index is 11.4. The molecule has 5 heteroatoms. The highest BCUT2D eigenvalue weighted by atomic mass is 16.5. The van der Waals surface area contributed by atoms with Gasteiger partial charge in [-0.1, -0.05) is 18.2 Å². The molecule has 1 heterocycles. The van der Waals surface area contributed by atoms with Crippen molar-refractivity contribution in [3.63, 3.8) is 0 Å². The Kier molecular flexibility index (Phi) is 3.52. The molecule has 0 amide bonds. The zero-order valence-electron chi connectivity index (χ0n) is 10.2. The lowest BCUT2D eigenvalue weighted by Gasteiger charge is -2.18. The maximum atomic E-state index is 11.4. The second kappa shape index (κ2) is 5.27. The summed E-state index contributed by atoms with van der Waals surface area (Å²) in [5, 5.41) is 0. The quantitative estimate of drug-likeness (QED) is 0.772. The third kappa shape index (κ3) is 2.45. The molecule has 1 aromatic carbocycles. The van der Waals surface area contributed by atoms with Crippen molar-refractivity contribution >= 4 is 17.5 Å². The Balaban J connectivity index is 2.31. The molecule has 2 aromatic rings. The van der Waals surface area contributed by atoms with Crippen molar-refractivity contribution in [2.24, 2.45) is 0 Å². The minimum atomic E-state index is -0.543. The fraction of sp³-hybridized carbons (Fsp3) is 0.154. The van der Waals surface area contributed by atoms with Crippen LogP contribution in [0.1, 0.15) is 10.6 Å². The number of rotatable bonds is 3. The maximum Gasteiger partial charge on any atom is 0.376 e. The number of aromatic nitrogens is 2. The van der Waals surface area contributed by atoms with E-state index in [0.717, 1.165) is 5.69 Å². The first-order chi connectivity index (χ1) is 8.72. The van der Waals surface area contributed by atoms with Gasteiger partial charge in [-0.15, -0.1) is 0 Å². The van der Waals surface area contributed by atoms with Gasteiger partial charge in [-0.25, -0.2) is 14.8 Å². The molecule has 0 saturated carbocycles. The van der Waals surface area contributed by atoms with Crippen LogP contribution in [0, 0.1) is 0 Å². The highest BCUT2D eigenvalue weighted by Gasteiger charge is 2.12. The summed E-state index contributed by atoms with van der Waals surface area (Å²) in [5.74, 6) is 0.146. The van der Waals surface area contributed by atoms with Crippen molar-refractivity contribution in [1.82, 2.24) is 9.97 Å². The van der Waals surface area contributed by atoms with Gasteiger partial charge in [-0.3, -0.25) is 0 Å². The Morgan fingerprint density at radius 1 is 1.22 bits per heavy atom. The van der Waals surface area contributed by atoms with Gasteiger partial charge in [0, 0.05) is 18.9 Å². The van der Waals surface area contributed by atoms with E-state index in [-0.39, 0.29) is 5.82 Å². The number of benzene rings is 1. The Morgan fingerprint density at radius 2 is 1.94 bits per heavy atom. The zero-order chi connectivity index (χ0) is 13.0. The van der Waals surface area contributed by atoms with Gasteiger partial charge in [0.1, 0.15) is 5.82 Å². The van der Waals surface area contributed by atoms with E-state index >= 15 is 0 Å². The Labute approximate surface area is 105 Å². The predicted octanol–water partition coefficient (Wildman–Crippen LogP) is 2.03. The van der Waals surface area contributed by atoms with Gasteiger partial charge < -0.3 is 9.64 Å². The summed E-state index contributed by atoms with van der Waals surface area (Å²) in [6, 6.07) is 11.5. The van der Waals surface area contributed by atoms with Gasteiger partial charge in [-0.05, 0) is 18.2 Å². The fourth-order valence-electron chi connectivity index (χ4n) is 1.51. The summed E-state index contributed by atoms with van der Waals surface area (Å²) < 4.78 is 4.59. The summed E-state index contributed by atoms with van der Waals surface area (Å²) >= 11 is 0. The highest BCUT2D eigenvalue weighted by Crippen LogP contribution is 2.20. The van der Waals surface area contributed by atoms with E-state index in [1.54, 1.807) is 6.07 Å². The SMILES string of the molecule is COC(=O)c1nccc(N(C)c2ccccc2)n1. The average molecular weight is 243 g/mol.